The fourth-order valence-corrected chi connectivity index (χ4v) is 1.90. The Morgan fingerprint density at radius 2 is 2.00 bits per heavy atom. The van der Waals surface area contributed by atoms with Crippen LogP contribution in [0.1, 0.15) is 10.4 Å². The Labute approximate surface area is 130 Å². The zero-order valence-electron chi connectivity index (χ0n) is 11.3. The first-order valence-corrected chi connectivity index (χ1v) is 6.64. The summed E-state index contributed by atoms with van der Waals surface area (Å²) < 4.78 is 17.9. The molecule has 0 aliphatic rings. The summed E-state index contributed by atoms with van der Waals surface area (Å²) >= 11 is 5.76. The summed E-state index contributed by atoms with van der Waals surface area (Å²) in [6.45, 7) is -0.126. The highest BCUT2D eigenvalue weighted by molar-refractivity contribution is 6.32. The summed E-state index contributed by atoms with van der Waals surface area (Å²) in [6.07, 6.45) is -0.814. The van der Waals surface area contributed by atoms with Gasteiger partial charge in [0.2, 0.25) is 0 Å². The molecule has 2 rings (SSSR count). The van der Waals surface area contributed by atoms with E-state index in [9.17, 15) is 14.0 Å². The van der Waals surface area contributed by atoms with Gasteiger partial charge in [-0.2, -0.15) is 0 Å². The van der Waals surface area contributed by atoms with Crippen molar-refractivity contribution in [2.45, 2.75) is 0 Å². The molecule has 0 spiro atoms. The third-order valence-corrected chi connectivity index (χ3v) is 3.01. The second-order valence-electron chi connectivity index (χ2n) is 4.30. The van der Waals surface area contributed by atoms with E-state index in [1.807, 2.05) is 0 Å². The number of carbonyl (C=O) groups excluding carboxylic acids is 2. The van der Waals surface area contributed by atoms with Gasteiger partial charge in [-0.05, 0) is 30.3 Å². The molecule has 0 heterocycles. The van der Waals surface area contributed by atoms with Gasteiger partial charge >= 0.3 is 6.09 Å². The Morgan fingerprint density at radius 3 is 2.68 bits per heavy atom. The summed E-state index contributed by atoms with van der Waals surface area (Å²) in [5, 5.41) is 2.42. The van der Waals surface area contributed by atoms with Gasteiger partial charge in [0.25, 0.3) is 0 Å². The Kier molecular flexibility index (Phi) is 5.08. The molecule has 0 bridgehead atoms. The predicted molar refractivity (Wildman–Crippen MR) is 80.9 cm³/mol. The van der Waals surface area contributed by atoms with Crippen LogP contribution in [0.3, 0.4) is 0 Å². The van der Waals surface area contributed by atoms with E-state index in [1.165, 1.54) is 12.1 Å². The third-order valence-electron chi connectivity index (χ3n) is 2.71. The quantitative estimate of drug-likeness (QED) is 0.847. The van der Waals surface area contributed by atoms with Crippen LogP contribution in [-0.4, -0.2) is 18.4 Å². The maximum atomic E-state index is 12.9. The average molecular weight is 323 g/mol. The number of ketones is 1. The normalized spacial score (nSPS) is 10.1. The van der Waals surface area contributed by atoms with Crippen molar-refractivity contribution < 1.29 is 18.7 Å². The molecule has 0 saturated heterocycles. The number of benzene rings is 2. The topological polar surface area (TPSA) is 81.4 Å². The average Bonchev–Trinajstić information content (AvgIpc) is 2.49. The second kappa shape index (κ2) is 7.02. The molecule has 0 atom stereocenters. The minimum Gasteiger partial charge on any atom is -0.408 e. The molecule has 7 heteroatoms. The van der Waals surface area contributed by atoms with Crippen LogP contribution in [0.25, 0.3) is 0 Å². The SMILES string of the molecule is NCC(=O)c1cccc(NC(=O)Oc2ccc(F)cc2Cl)c1. The van der Waals surface area contributed by atoms with Crippen LogP contribution in [0.4, 0.5) is 14.9 Å². The van der Waals surface area contributed by atoms with Gasteiger partial charge in [-0.25, -0.2) is 9.18 Å². The number of nitrogens with two attached hydrogens (primary N) is 1. The lowest BCUT2D eigenvalue weighted by atomic mass is 10.1. The number of anilines is 1. The van der Waals surface area contributed by atoms with Crippen molar-refractivity contribution in [2.75, 3.05) is 11.9 Å². The zero-order chi connectivity index (χ0) is 16.1. The molecule has 2 aromatic rings. The monoisotopic (exact) mass is 322 g/mol. The molecule has 2 aromatic carbocycles. The van der Waals surface area contributed by atoms with Gasteiger partial charge in [-0.1, -0.05) is 23.7 Å². The summed E-state index contributed by atoms with van der Waals surface area (Å²) in [5.41, 5.74) is 6.02. The molecule has 0 unspecified atom stereocenters. The number of halogens is 2. The van der Waals surface area contributed by atoms with Crippen LogP contribution < -0.4 is 15.8 Å². The Hall–Kier alpha value is -2.44. The first-order chi connectivity index (χ1) is 10.5. The van der Waals surface area contributed by atoms with Gasteiger partial charge in [0.05, 0.1) is 11.6 Å². The number of rotatable bonds is 4. The van der Waals surface area contributed by atoms with E-state index in [1.54, 1.807) is 18.2 Å². The fraction of sp³-hybridized carbons (Fsp3) is 0.0667. The largest absolute Gasteiger partial charge is 0.417 e. The van der Waals surface area contributed by atoms with E-state index < -0.39 is 11.9 Å². The van der Waals surface area contributed by atoms with E-state index in [2.05, 4.69) is 5.32 Å². The van der Waals surface area contributed by atoms with Crippen molar-refractivity contribution >= 4 is 29.2 Å². The maximum absolute atomic E-state index is 12.9. The number of nitrogens with one attached hydrogen (secondary N) is 1. The van der Waals surface area contributed by atoms with Gasteiger partial charge in [0, 0.05) is 11.3 Å². The molecule has 0 fully saturated rings. The van der Waals surface area contributed by atoms with Gasteiger partial charge in [0.15, 0.2) is 11.5 Å². The molecular formula is C15H12ClFN2O3. The minimum atomic E-state index is -0.814. The van der Waals surface area contributed by atoms with Crippen LogP contribution in [0.2, 0.25) is 5.02 Å². The number of hydrogen-bond acceptors (Lipinski definition) is 4. The van der Waals surface area contributed by atoms with E-state index in [-0.39, 0.29) is 23.1 Å². The molecule has 0 saturated carbocycles. The molecule has 114 valence electrons. The zero-order valence-corrected chi connectivity index (χ0v) is 12.1. The Bertz CT molecular complexity index is 722. The van der Waals surface area contributed by atoms with Gasteiger partial charge < -0.3 is 10.5 Å². The number of Topliss-reactive ketones (excluding diaryl/α,β-unsaturated/α-hetero) is 1. The maximum Gasteiger partial charge on any atom is 0.417 e. The molecular weight excluding hydrogens is 311 g/mol. The standard InChI is InChI=1S/C15H12ClFN2O3/c16-12-7-10(17)4-5-14(12)22-15(21)19-11-3-1-2-9(6-11)13(20)8-18/h1-7H,8,18H2,(H,19,21). The van der Waals surface area contributed by atoms with E-state index in [0.717, 1.165) is 12.1 Å². The van der Waals surface area contributed by atoms with Crippen LogP contribution in [0.15, 0.2) is 42.5 Å². The lowest BCUT2D eigenvalue weighted by molar-refractivity contribution is 0.100. The number of ether oxygens (including phenoxy) is 1. The number of hydrogen-bond donors (Lipinski definition) is 2. The van der Waals surface area contributed by atoms with Crippen LogP contribution in [0, 0.1) is 5.82 Å². The highest BCUT2D eigenvalue weighted by Crippen LogP contribution is 2.25. The fourth-order valence-electron chi connectivity index (χ4n) is 1.69. The van der Waals surface area contributed by atoms with Crippen LogP contribution >= 0.6 is 11.6 Å². The lowest BCUT2D eigenvalue weighted by Gasteiger charge is -2.08. The van der Waals surface area contributed by atoms with Gasteiger partial charge in [-0.3, -0.25) is 10.1 Å². The predicted octanol–water partition coefficient (Wildman–Crippen LogP) is 3.23. The first kappa shape index (κ1) is 15.9. The van der Waals surface area contributed by atoms with Crippen molar-refractivity contribution in [3.8, 4) is 5.75 Å². The highest BCUT2D eigenvalue weighted by atomic mass is 35.5. The third kappa shape index (κ3) is 4.03. The Balaban J connectivity index is 2.07. The highest BCUT2D eigenvalue weighted by Gasteiger charge is 2.10. The van der Waals surface area contributed by atoms with E-state index in [4.69, 9.17) is 22.1 Å². The molecule has 0 aromatic heterocycles. The van der Waals surface area contributed by atoms with Crippen molar-refractivity contribution in [3.05, 3.63) is 58.9 Å². The van der Waals surface area contributed by atoms with Crippen LogP contribution in [0.5, 0.6) is 5.75 Å². The van der Waals surface area contributed by atoms with Crippen molar-refractivity contribution in [3.63, 3.8) is 0 Å². The number of carbonyl (C=O) groups is 2. The van der Waals surface area contributed by atoms with Crippen molar-refractivity contribution in [2.24, 2.45) is 5.73 Å². The Morgan fingerprint density at radius 1 is 1.23 bits per heavy atom. The molecule has 0 aliphatic carbocycles. The second-order valence-corrected chi connectivity index (χ2v) is 4.70. The van der Waals surface area contributed by atoms with E-state index in [0.29, 0.717) is 11.3 Å². The number of amides is 1. The molecule has 22 heavy (non-hydrogen) atoms. The van der Waals surface area contributed by atoms with Crippen LogP contribution in [-0.2, 0) is 0 Å². The van der Waals surface area contributed by atoms with Gasteiger partial charge in [-0.15, -0.1) is 0 Å². The summed E-state index contributed by atoms with van der Waals surface area (Å²) in [4.78, 5) is 23.3. The van der Waals surface area contributed by atoms with E-state index >= 15 is 0 Å². The molecule has 1 amide bonds. The first-order valence-electron chi connectivity index (χ1n) is 6.27. The molecule has 3 N–H and O–H groups in total. The smallest absolute Gasteiger partial charge is 0.408 e. The summed E-state index contributed by atoms with van der Waals surface area (Å²) in [5.74, 6) is -0.765. The summed E-state index contributed by atoms with van der Waals surface area (Å²) in [6, 6.07) is 9.64. The molecule has 0 aliphatic heterocycles. The molecule has 0 radical (unpaired) electrons. The van der Waals surface area contributed by atoms with Crippen molar-refractivity contribution in [1.82, 2.24) is 0 Å². The summed E-state index contributed by atoms with van der Waals surface area (Å²) in [7, 11) is 0. The lowest BCUT2D eigenvalue weighted by Crippen LogP contribution is -2.18. The van der Waals surface area contributed by atoms with Gasteiger partial charge in [0.1, 0.15) is 5.82 Å². The minimum absolute atomic E-state index is 0.0229. The van der Waals surface area contributed by atoms with Crippen molar-refractivity contribution in [1.29, 1.82) is 0 Å². The molecule has 5 nitrogen and oxygen atoms in total.